The van der Waals surface area contributed by atoms with Crippen LogP contribution >= 0.6 is 11.3 Å². The number of benzene rings is 1. The molecule has 0 aliphatic carbocycles. The van der Waals surface area contributed by atoms with Gasteiger partial charge in [-0.2, -0.15) is 0 Å². The van der Waals surface area contributed by atoms with Crippen LogP contribution in [-0.2, 0) is 4.79 Å². The average molecular weight is 426 g/mol. The van der Waals surface area contributed by atoms with Gasteiger partial charge in [-0.1, -0.05) is 11.2 Å². The first-order valence-corrected chi connectivity index (χ1v) is 9.77. The van der Waals surface area contributed by atoms with Crippen molar-refractivity contribution in [3.63, 3.8) is 0 Å². The molecule has 1 amide bonds. The highest BCUT2D eigenvalue weighted by molar-refractivity contribution is 7.17. The number of hydrogen-bond acceptors (Lipinski definition) is 9. The van der Waals surface area contributed by atoms with Crippen molar-refractivity contribution in [2.24, 2.45) is 0 Å². The van der Waals surface area contributed by atoms with Gasteiger partial charge in [-0.05, 0) is 24.6 Å². The molecule has 1 N–H and O–H groups in total. The van der Waals surface area contributed by atoms with Crippen LogP contribution in [-0.4, -0.2) is 41.9 Å². The standard InChI is InChI=1S/C20H18N4O5S/c1-11-6-16(24-29-11)23-17(25)8-28-19-18-13(9-30-20(18)22-10-21-19)12-4-5-14(26-2)15(7-12)27-3/h4-7,9-10H,8H2,1-3H3,(H,23,24,25). The Labute approximate surface area is 175 Å². The van der Waals surface area contributed by atoms with E-state index in [9.17, 15) is 4.79 Å². The number of methoxy groups -OCH3 is 2. The van der Waals surface area contributed by atoms with Crippen molar-refractivity contribution >= 4 is 33.3 Å². The second kappa shape index (κ2) is 8.37. The normalized spacial score (nSPS) is 10.8. The van der Waals surface area contributed by atoms with E-state index in [1.54, 1.807) is 27.2 Å². The Bertz CT molecular complexity index is 1200. The predicted octanol–water partition coefficient (Wildman–Crippen LogP) is 3.69. The smallest absolute Gasteiger partial charge is 0.263 e. The largest absolute Gasteiger partial charge is 0.493 e. The molecule has 0 fully saturated rings. The number of rotatable bonds is 7. The van der Waals surface area contributed by atoms with Crippen LogP contribution in [0, 0.1) is 6.92 Å². The van der Waals surface area contributed by atoms with E-state index in [1.165, 1.54) is 17.7 Å². The zero-order valence-corrected chi connectivity index (χ0v) is 17.3. The van der Waals surface area contributed by atoms with Crippen molar-refractivity contribution in [2.75, 3.05) is 26.1 Å². The van der Waals surface area contributed by atoms with Gasteiger partial charge in [0, 0.05) is 17.0 Å². The van der Waals surface area contributed by atoms with Crippen molar-refractivity contribution in [3.8, 4) is 28.5 Å². The SMILES string of the molecule is COc1ccc(-c2csc3ncnc(OCC(=O)Nc4cc(C)on4)c23)cc1OC. The Morgan fingerprint density at radius 2 is 2.00 bits per heavy atom. The molecule has 154 valence electrons. The fraction of sp³-hybridized carbons (Fsp3) is 0.200. The minimum atomic E-state index is -0.377. The molecule has 3 heterocycles. The fourth-order valence-corrected chi connectivity index (χ4v) is 3.82. The topological polar surface area (TPSA) is 109 Å². The molecular weight excluding hydrogens is 408 g/mol. The lowest BCUT2D eigenvalue weighted by atomic mass is 10.1. The molecule has 0 aliphatic rings. The van der Waals surface area contributed by atoms with Crippen LogP contribution in [0.1, 0.15) is 5.76 Å². The van der Waals surface area contributed by atoms with Crippen molar-refractivity contribution in [1.82, 2.24) is 15.1 Å². The summed E-state index contributed by atoms with van der Waals surface area (Å²) in [6, 6.07) is 7.24. The maximum absolute atomic E-state index is 12.2. The minimum absolute atomic E-state index is 0.237. The van der Waals surface area contributed by atoms with E-state index in [1.807, 2.05) is 23.6 Å². The molecule has 0 saturated carbocycles. The Balaban J connectivity index is 1.60. The number of carbonyl (C=O) groups is 1. The molecule has 0 radical (unpaired) electrons. The molecule has 0 aliphatic heterocycles. The fourth-order valence-electron chi connectivity index (χ4n) is 2.91. The number of hydrogen-bond donors (Lipinski definition) is 1. The van der Waals surface area contributed by atoms with Crippen molar-refractivity contribution in [2.45, 2.75) is 6.92 Å². The molecule has 0 bridgehead atoms. The molecule has 0 spiro atoms. The number of amides is 1. The summed E-state index contributed by atoms with van der Waals surface area (Å²) in [5.41, 5.74) is 1.76. The number of carbonyl (C=O) groups excluding carboxylic acids is 1. The first-order valence-electron chi connectivity index (χ1n) is 8.89. The Morgan fingerprint density at radius 1 is 1.17 bits per heavy atom. The third-order valence-corrected chi connectivity index (χ3v) is 5.15. The van der Waals surface area contributed by atoms with Gasteiger partial charge in [0.15, 0.2) is 23.9 Å². The van der Waals surface area contributed by atoms with Crippen LogP contribution in [0.15, 0.2) is 40.5 Å². The lowest BCUT2D eigenvalue weighted by Gasteiger charge is -2.10. The monoisotopic (exact) mass is 426 g/mol. The average Bonchev–Trinajstić information content (AvgIpc) is 3.38. The van der Waals surface area contributed by atoms with Crippen LogP contribution in [0.4, 0.5) is 5.82 Å². The van der Waals surface area contributed by atoms with Gasteiger partial charge in [-0.3, -0.25) is 4.79 Å². The molecule has 10 heteroatoms. The second-order valence-corrected chi connectivity index (χ2v) is 7.10. The van der Waals surface area contributed by atoms with E-state index >= 15 is 0 Å². The van der Waals surface area contributed by atoms with Gasteiger partial charge < -0.3 is 24.1 Å². The number of ether oxygens (including phenoxy) is 3. The Hall–Kier alpha value is -3.66. The summed E-state index contributed by atoms with van der Waals surface area (Å²) in [4.78, 5) is 21.5. The van der Waals surface area contributed by atoms with Gasteiger partial charge in [0.05, 0.1) is 19.6 Å². The first-order chi connectivity index (χ1) is 14.6. The zero-order valence-electron chi connectivity index (χ0n) is 16.5. The maximum atomic E-state index is 12.2. The number of aromatic nitrogens is 3. The summed E-state index contributed by atoms with van der Waals surface area (Å²) < 4.78 is 21.4. The minimum Gasteiger partial charge on any atom is -0.493 e. The summed E-state index contributed by atoms with van der Waals surface area (Å²) in [6.45, 7) is 1.50. The van der Waals surface area contributed by atoms with Gasteiger partial charge >= 0.3 is 0 Å². The van der Waals surface area contributed by atoms with E-state index in [4.69, 9.17) is 18.7 Å². The van der Waals surface area contributed by atoms with Crippen LogP contribution in [0.2, 0.25) is 0 Å². The molecule has 4 aromatic rings. The third-order valence-electron chi connectivity index (χ3n) is 4.27. The number of nitrogens with one attached hydrogen (secondary N) is 1. The van der Waals surface area contributed by atoms with Gasteiger partial charge in [0.1, 0.15) is 16.9 Å². The number of fused-ring (bicyclic) bond motifs is 1. The molecular formula is C20H18N4O5S. The third kappa shape index (κ3) is 3.90. The summed E-state index contributed by atoms with van der Waals surface area (Å²) in [7, 11) is 3.17. The highest BCUT2D eigenvalue weighted by Crippen LogP contribution is 2.40. The van der Waals surface area contributed by atoms with Gasteiger partial charge in [0.25, 0.3) is 5.91 Å². The summed E-state index contributed by atoms with van der Waals surface area (Å²) >= 11 is 1.46. The molecule has 0 atom stereocenters. The number of thiophene rings is 1. The van der Waals surface area contributed by atoms with Gasteiger partial charge in [0.2, 0.25) is 5.88 Å². The lowest BCUT2D eigenvalue weighted by Crippen LogP contribution is -2.20. The maximum Gasteiger partial charge on any atom is 0.263 e. The highest BCUT2D eigenvalue weighted by atomic mass is 32.1. The predicted molar refractivity (Wildman–Crippen MR) is 111 cm³/mol. The van der Waals surface area contributed by atoms with E-state index in [2.05, 4.69) is 20.4 Å². The summed E-state index contributed by atoms with van der Waals surface area (Å²) in [5, 5.41) is 9.02. The van der Waals surface area contributed by atoms with Crippen molar-refractivity contribution < 1.29 is 23.5 Å². The molecule has 3 aromatic heterocycles. The molecule has 9 nitrogen and oxygen atoms in total. The van der Waals surface area contributed by atoms with Crippen molar-refractivity contribution in [3.05, 3.63) is 41.7 Å². The van der Waals surface area contributed by atoms with Gasteiger partial charge in [-0.15, -0.1) is 11.3 Å². The van der Waals surface area contributed by atoms with Crippen molar-refractivity contribution in [1.29, 1.82) is 0 Å². The number of nitrogens with zero attached hydrogens (tertiary/aromatic N) is 3. The van der Waals surface area contributed by atoms with E-state index in [0.29, 0.717) is 29.0 Å². The van der Waals surface area contributed by atoms with Crippen LogP contribution in [0.25, 0.3) is 21.3 Å². The van der Waals surface area contributed by atoms with E-state index in [0.717, 1.165) is 21.3 Å². The van der Waals surface area contributed by atoms with Crippen LogP contribution in [0.3, 0.4) is 0 Å². The van der Waals surface area contributed by atoms with E-state index in [-0.39, 0.29) is 12.5 Å². The number of aryl methyl sites for hydroxylation is 1. The molecule has 4 rings (SSSR count). The van der Waals surface area contributed by atoms with E-state index < -0.39 is 0 Å². The zero-order chi connectivity index (χ0) is 21.1. The summed E-state index contributed by atoms with van der Waals surface area (Å²) in [5.74, 6) is 2.11. The van der Waals surface area contributed by atoms with Gasteiger partial charge in [-0.25, -0.2) is 9.97 Å². The molecule has 0 saturated heterocycles. The van der Waals surface area contributed by atoms with Crippen LogP contribution in [0.5, 0.6) is 17.4 Å². The molecule has 1 aromatic carbocycles. The molecule has 0 unspecified atom stereocenters. The Morgan fingerprint density at radius 3 is 2.73 bits per heavy atom. The highest BCUT2D eigenvalue weighted by Gasteiger charge is 2.17. The summed E-state index contributed by atoms with van der Waals surface area (Å²) in [6.07, 6.45) is 1.41. The second-order valence-electron chi connectivity index (χ2n) is 6.24. The molecule has 30 heavy (non-hydrogen) atoms. The number of anilines is 1. The first kappa shape index (κ1) is 19.6. The van der Waals surface area contributed by atoms with Crippen LogP contribution < -0.4 is 19.5 Å². The quantitative estimate of drug-likeness (QED) is 0.477. The Kier molecular flexibility index (Phi) is 5.48. The lowest BCUT2D eigenvalue weighted by molar-refractivity contribution is -0.118.